The maximum atomic E-state index is 9.44. The van der Waals surface area contributed by atoms with E-state index in [1.54, 1.807) is 24.3 Å². The van der Waals surface area contributed by atoms with E-state index >= 15 is 0 Å². The summed E-state index contributed by atoms with van der Waals surface area (Å²) < 4.78 is 7.64. The molecule has 110 valence electrons. The van der Waals surface area contributed by atoms with Gasteiger partial charge >= 0.3 is 0 Å². The molecule has 3 aromatic rings. The first-order chi connectivity index (χ1) is 10.8. The summed E-state index contributed by atoms with van der Waals surface area (Å²) in [6, 6.07) is 16.8. The molecule has 3 rings (SSSR count). The molecule has 0 amide bonds. The van der Waals surface area contributed by atoms with Gasteiger partial charge in [0.2, 0.25) is 0 Å². The minimum Gasteiger partial charge on any atom is -0.492 e. The van der Waals surface area contributed by atoms with Crippen molar-refractivity contribution >= 4 is 11.0 Å². The molecular formula is C17H15N3O2. The number of aliphatic hydroxyl groups is 1. The Labute approximate surface area is 128 Å². The molecule has 0 spiro atoms. The number of para-hydroxylation sites is 2. The van der Waals surface area contributed by atoms with Crippen LogP contribution in [0, 0.1) is 11.3 Å². The first-order valence-corrected chi connectivity index (χ1v) is 7.00. The van der Waals surface area contributed by atoms with Crippen LogP contribution in [0.25, 0.3) is 11.0 Å². The predicted octanol–water partition coefficient (Wildman–Crippen LogP) is 2.48. The van der Waals surface area contributed by atoms with Gasteiger partial charge in [0.1, 0.15) is 24.8 Å². The molecule has 5 nitrogen and oxygen atoms in total. The van der Waals surface area contributed by atoms with Crippen molar-refractivity contribution in [3.63, 3.8) is 0 Å². The van der Waals surface area contributed by atoms with Gasteiger partial charge in [-0.25, -0.2) is 4.98 Å². The molecule has 1 N–H and O–H groups in total. The molecule has 0 saturated carbocycles. The molecule has 5 heteroatoms. The first-order valence-electron chi connectivity index (χ1n) is 7.00. The highest BCUT2D eigenvalue weighted by molar-refractivity contribution is 5.75. The van der Waals surface area contributed by atoms with Gasteiger partial charge in [0.25, 0.3) is 0 Å². The third kappa shape index (κ3) is 2.78. The highest BCUT2D eigenvalue weighted by Gasteiger charge is 2.09. The van der Waals surface area contributed by atoms with Crippen molar-refractivity contribution < 1.29 is 9.84 Å². The third-order valence-electron chi connectivity index (χ3n) is 3.44. The number of aromatic nitrogens is 2. The Morgan fingerprint density at radius 2 is 1.91 bits per heavy atom. The molecule has 0 radical (unpaired) electrons. The van der Waals surface area contributed by atoms with Crippen molar-refractivity contribution in [1.82, 2.24) is 9.55 Å². The largest absolute Gasteiger partial charge is 0.492 e. The Morgan fingerprint density at radius 3 is 2.64 bits per heavy atom. The fourth-order valence-corrected chi connectivity index (χ4v) is 2.38. The fraction of sp³-hybridized carbons (Fsp3) is 0.176. The van der Waals surface area contributed by atoms with Gasteiger partial charge in [-0.3, -0.25) is 0 Å². The first kappa shape index (κ1) is 14.1. The Bertz CT molecular complexity index is 816. The van der Waals surface area contributed by atoms with Crippen LogP contribution in [-0.2, 0) is 13.2 Å². The number of nitrogens with zero attached hydrogens (tertiary/aromatic N) is 3. The zero-order valence-corrected chi connectivity index (χ0v) is 11.9. The summed E-state index contributed by atoms with van der Waals surface area (Å²) in [5.74, 6) is 1.35. The molecule has 0 aliphatic carbocycles. The number of hydrogen-bond acceptors (Lipinski definition) is 4. The van der Waals surface area contributed by atoms with E-state index in [1.165, 1.54) is 0 Å². The van der Waals surface area contributed by atoms with Crippen LogP contribution in [0.5, 0.6) is 5.75 Å². The second-order valence-corrected chi connectivity index (χ2v) is 4.81. The molecule has 1 heterocycles. The smallest absolute Gasteiger partial charge is 0.135 e. The van der Waals surface area contributed by atoms with Crippen LogP contribution < -0.4 is 4.74 Å². The Hall–Kier alpha value is -2.84. The van der Waals surface area contributed by atoms with E-state index in [-0.39, 0.29) is 6.61 Å². The topological polar surface area (TPSA) is 71.1 Å². The number of hydrogen-bond donors (Lipinski definition) is 1. The molecule has 0 aliphatic heterocycles. The van der Waals surface area contributed by atoms with Crippen molar-refractivity contribution in [2.45, 2.75) is 13.2 Å². The summed E-state index contributed by atoms with van der Waals surface area (Å²) in [5, 5.41) is 18.2. The molecule has 1 aromatic heterocycles. The lowest BCUT2D eigenvalue weighted by molar-refractivity contribution is 0.255. The Morgan fingerprint density at radius 1 is 1.14 bits per heavy atom. The number of fused-ring (bicyclic) bond motifs is 1. The number of rotatable bonds is 5. The quantitative estimate of drug-likeness (QED) is 0.784. The number of imidazole rings is 1. The summed E-state index contributed by atoms with van der Waals surface area (Å²) in [6.07, 6.45) is 0. The standard InChI is InChI=1S/C17H15N3O2/c18-11-13-5-7-14(8-6-13)22-10-9-20-16-4-2-1-3-15(16)19-17(20)12-21/h1-8,21H,9-10,12H2. The highest BCUT2D eigenvalue weighted by Crippen LogP contribution is 2.17. The summed E-state index contributed by atoms with van der Waals surface area (Å²) in [4.78, 5) is 4.40. The lowest BCUT2D eigenvalue weighted by Gasteiger charge is -2.10. The van der Waals surface area contributed by atoms with E-state index in [9.17, 15) is 5.11 Å². The van der Waals surface area contributed by atoms with Crippen LogP contribution in [0.1, 0.15) is 11.4 Å². The molecule has 0 fully saturated rings. The van der Waals surface area contributed by atoms with E-state index in [4.69, 9.17) is 10.00 Å². The zero-order valence-electron chi connectivity index (χ0n) is 11.9. The summed E-state index contributed by atoms with van der Waals surface area (Å²) >= 11 is 0. The van der Waals surface area contributed by atoms with Gasteiger partial charge in [-0.15, -0.1) is 0 Å². The molecular weight excluding hydrogens is 278 g/mol. The molecule has 0 saturated heterocycles. The van der Waals surface area contributed by atoms with E-state index in [1.807, 2.05) is 28.8 Å². The maximum absolute atomic E-state index is 9.44. The average Bonchev–Trinajstić information content (AvgIpc) is 2.93. The lowest BCUT2D eigenvalue weighted by atomic mass is 10.2. The summed E-state index contributed by atoms with van der Waals surface area (Å²) in [6.45, 7) is 0.946. The van der Waals surface area contributed by atoms with E-state index in [0.717, 1.165) is 11.0 Å². The van der Waals surface area contributed by atoms with Crippen LogP contribution in [0.15, 0.2) is 48.5 Å². The van der Waals surface area contributed by atoms with E-state index < -0.39 is 0 Å². The van der Waals surface area contributed by atoms with Gasteiger partial charge in [-0.2, -0.15) is 5.26 Å². The van der Waals surface area contributed by atoms with Crippen LogP contribution >= 0.6 is 0 Å². The van der Waals surface area contributed by atoms with Crippen LogP contribution in [0.2, 0.25) is 0 Å². The summed E-state index contributed by atoms with van der Waals surface area (Å²) in [7, 11) is 0. The van der Waals surface area contributed by atoms with Gasteiger partial charge in [0.15, 0.2) is 0 Å². The summed E-state index contributed by atoms with van der Waals surface area (Å²) in [5.41, 5.74) is 2.45. The molecule has 0 unspecified atom stereocenters. The molecule has 0 aliphatic rings. The SMILES string of the molecule is N#Cc1ccc(OCCn2c(CO)nc3ccccc32)cc1. The maximum Gasteiger partial charge on any atom is 0.135 e. The van der Waals surface area contributed by atoms with Crippen molar-refractivity contribution in [2.24, 2.45) is 0 Å². The zero-order chi connectivity index (χ0) is 15.4. The van der Waals surface area contributed by atoms with Gasteiger partial charge < -0.3 is 14.4 Å². The third-order valence-corrected chi connectivity index (χ3v) is 3.44. The minimum absolute atomic E-state index is 0.106. The van der Waals surface area contributed by atoms with Crippen molar-refractivity contribution in [3.05, 3.63) is 59.9 Å². The molecule has 22 heavy (non-hydrogen) atoms. The van der Waals surface area contributed by atoms with Gasteiger partial charge in [-0.05, 0) is 36.4 Å². The van der Waals surface area contributed by atoms with Crippen LogP contribution in [-0.4, -0.2) is 21.3 Å². The van der Waals surface area contributed by atoms with Crippen LogP contribution in [0.4, 0.5) is 0 Å². The van der Waals surface area contributed by atoms with Gasteiger partial charge in [0, 0.05) is 0 Å². The number of nitriles is 1. The Balaban J connectivity index is 1.72. The second kappa shape index (κ2) is 6.29. The van der Waals surface area contributed by atoms with E-state index in [0.29, 0.717) is 30.3 Å². The molecule has 0 atom stereocenters. The normalized spacial score (nSPS) is 10.5. The Kier molecular flexibility index (Phi) is 4.03. The number of ether oxygens (including phenoxy) is 1. The van der Waals surface area contributed by atoms with E-state index in [2.05, 4.69) is 11.1 Å². The number of benzene rings is 2. The lowest BCUT2D eigenvalue weighted by Crippen LogP contribution is -2.11. The van der Waals surface area contributed by atoms with Crippen molar-refractivity contribution in [1.29, 1.82) is 5.26 Å². The fourth-order valence-electron chi connectivity index (χ4n) is 2.38. The van der Waals surface area contributed by atoms with Crippen molar-refractivity contribution in [3.8, 4) is 11.8 Å². The predicted molar refractivity (Wildman–Crippen MR) is 82.3 cm³/mol. The second-order valence-electron chi connectivity index (χ2n) is 4.81. The van der Waals surface area contributed by atoms with Crippen LogP contribution in [0.3, 0.4) is 0 Å². The highest BCUT2D eigenvalue weighted by atomic mass is 16.5. The van der Waals surface area contributed by atoms with Crippen molar-refractivity contribution in [2.75, 3.05) is 6.61 Å². The molecule has 0 bridgehead atoms. The molecule has 2 aromatic carbocycles. The average molecular weight is 293 g/mol. The number of aliphatic hydroxyl groups excluding tert-OH is 1. The minimum atomic E-state index is -0.106. The van der Waals surface area contributed by atoms with Gasteiger partial charge in [-0.1, -0.05) is 12.1 Å². The monoisotopic (exact) mass is 293 g/mol. The van der Waals surface area contributed by atoms with Gasteiger partial charge in [0.05, 0.1) is 29.2 Å².